The third-order valence-corrected chi connectivity index (χ3v) is 3.22. The van der Waals surface area contributed by atoms with Crippen molar-refractivity contribution in [2.24, 2.45) is 5.92 Å². The van der Waals surface area contributed by atoms with Crippen LogP contribution in [-0.2, 0) is 4.79 Å². The minimum absolute atomic E-state index is 0.831. The third kappa shape index (κ3) is 6.32. The highest BCUT2D eigenvalue weighted by Gasteiger charge is 2.12. The summed E-state index contributed by atoms with van der Waals surface area (Å²) >= 11 is 0. The maximum Gasteiger partial charge on any atom is 0.327 e. The highest BCUT2D eigenvalue weighted by atomic mass is 16.4. The highest BCUT2D eigenvalue weighted by Crippen LogP contribution is 2.27. The number of carboxylic acid groups (broad SMARTS) is 1. The van der Waals surface area contributed by atoms with Crippen molar-refractivity contribution in [3.63, 3.8) is 0 Å². The molecule has 0 aromatic rings. The summed E-state index contributed by atoms with van der Waals surface area (Å²) < 4.78 is 0. The molecular weight excluding hydrogens is 188 g/mol. The number of carbonyl (C=O) groups is 1. The smallest absolute Gasteiger partial charge is 0.327 e. The van der Waals surface area contributed by atoms with Crippen LogP contribution in [0, 0.1) is 5.92 Å². The van der Waals surface area contributed by atoms with Crippen LogP contribution in [-0.4, -0.2) is 11.1 Å². The first-order valence-corrected chi connectivity index (χ1v) is 6.18. The molecule has 1 rings (SSSR count). The Morgan fingerprint density at radius 3 is 2.60 bits per heavy atom. The van der Waals surface area contributed by atoms with Crippen molar-refractivity contribution in [2.75, 3.05) is 0 Å². The molecule has 0 saturated heterocycles. The zero-order chi connectivity index (χ0) is 10.9. The van der Waals surface area contributed by atoms with Gasteiger partial charge in [0.2, 0.25) is 0 Å². The highest BCUT2D eigenvalue weighted by molar-refractivity contribution is 5.79. The molecule has 0 unspecified atom stereocenters. The van der Waals surface area contributed by atoms with Crippen LogP contribution in [0.5, 0.6) is 0 Å². The Kier molecular flexibility index (Phi) is 6.14. The van der Waals surface area contributed by atoms with E-state index in [4.69, 9.17) is 5.11 Å². The third-order valence-electron chi connectivity index (χ3n) is 3.22. The van der Waals surface area contributed by atoms with E-state index in [0.29, 0.717) is 0 Å². The fraction of sp³-hybridized carbons (Fsp3) is 0.769. The molecule has 1 N–H and O–H groups in total. The topological polar surface area (TPSA) is 37.3 Å². The summed E-state index contributed by atoms with van der Waals surface area (Å²) in [6, 6.07) is 0. The fourth-order valence-corrected chi connectivity index (χ4v) is 2.36. The molecule has 1 aliphatic carbocycles. The van der Waals surface area contributed by atoms with Crippen LogP contribution in [0.1, 0.15) is 57.8 Å². The lowest BCUT2D eigenvalue weighted by atomic mass is 9.85. The molecule has 0 amide bonds. The minimum Gasteiger partial charge on any atom is -0.478 e. The molecule has 1 fully saturated rings. The van der Waals surface area contributed by atoms with Gasteiger partial charge < -0.3 is 5.11 Å². The SMILES string of the molecule is O=C(O)/C=C/CCCCC1CCCCC1. The van der Waals surface area contributed by atoms with Crippen LogP contribution in [0.4, 0.5) is 0 Å². The van der Waals surface area contributed by atoms with E-state index in [1.165, 1.54) is 51.0 Å². The number of carboxylic acids is 1. The maximum absolute atomic E-state index is 10.2. The second kappa shape index (κ2) is 7.49. The van der Waals surface area contributed by atoms with Crippen molar-refractivity contribution in [3.8, 4) is 0 Å². The first-order chi connectivity index (χ1) is 7.29. The van der Waals surface area contributed by atoms with Crippen LogP contribution in [0.15, 0.2) is 12.2 Å². The van der Waals surface area contributed by atoms with Crippen LogP contribution in [0.25, 0.3) is 0 Å². The molecular formula is C13H22O2. The zero-order valence-corrected chi connectivity index (χ0v) is 9.45. The van der Waals surface area contributed by atoms with Crippen molar-refractivity contribution in [1.29, 1.82) is 0 Å². The average molecular weight is 210 g/mol. The molecule has 15 heavy (non-hydrogen) atoms. The monoisotopic (exact) mass is 210 g/mol. The van der Waals surface area contributed by atoms with Crippen molar-refractivity contribution < 1.29 is 9.90 Å². The average Bonchev–Trinajstić information content (AvgIpc) is 2.24. The molecule has 86 valence electrons. The van der Waals surface area contributed by atoms with Crippen molar-refractivity contribution in [3.05, 3.63) is 12.2 Å². The number of aliphatic carboxylic acids is 1. The molecule has 1 saturated carbocycles. The van der Waals surface area contributed by atoms with Gasteiger partial charge in [-0.05, 0) is 18.8 Å². The number of hydrogen-bond donors (Lipinski definition) is 1. The van der Waals surface area contributed by atoms with Gasteiger partial charge in [0.25, 0.3) is 0 Å². The molecule has 0 atom stereocenters. The molecule has 2 nitrogen and oxygen atoms in total. The van der Waals surface area contributed by atoms with Crippen molar-refractivity contribution in [1.82, 2.24) is 0 Å². The van der Waals surface area contributed by atoms with E-state index >= 15 is 0 Å². The van der Waals surface area contributed by atoms with Crippen LogP contribution < -0.4 is 0 Å². The summed E-state index contributed by atoms with van der Waals surface area (Å²) in [5, 5.41) is 8.39. The summed E-state index contributed by atoms with van der Waals surface area (Å²) in [5.41, 5.74) is 0. The fourth-order valence-electron chi connectivity index (χ4n) is 2.36. The number of unbranched alkanes of at least 4 members (excludes halogenated alkanes) is 2. The Balaban J connectivity index is 1.94. The second-order valence-electron chi connectivity index (χ2n) is 4.53. The lowest BCUT2D eigenvalue weighted by Gasteiger charge is -2.20. The Morgan fingerprint density at radius 1 is 1.20 bits per heavy atom. The van der Waals surface area contributed by atoms with Gasteiger partial charge in [0.05, 0.1) is 0 Å². The molecule has 0 aliphatic heterocycles. The summed E-state index contributed by atoms with van der Waals surface area (Å²) in [6.45, 7) is 0. The normalized spacial score (nSPS) is 18.4. The van der Waals surface area contributed by atoms with Gasteiger partial charge in [0.15, 0.2) is 0 Å². The predicted molar refractivity (Wildman–Crippen MR) is 61.8 cm³/mol. The lowest BCUT2D eigenvalue weighted by molar-refractivity contribution is -0.131. The van der Waals surface area contributed by atoms with Crippen molar-refractivity contribution >= 4 is 5.97 Å². The van der Waals surface area contributed by atoms with Gasteiger partial charge >= 0.3 is 5.97 Å². The Hall–Kier alpha value is -0.790. The number of rotatable bonds is 6. The molecule has 0 radical (unpaired) electrons. The van der Waals surface area contributed by atoms with Gasteiger partial charge in [-0.25, -0.2) is 4.79 Å². The van der Waals surface area contributed by atoms with E-state index in [0.717, 1.165) is 18.8 Å². The molecule has 0 aromatic carbocycles. The van der Waals surface area contributed by atoms with Gasteiger partial charge in [-0.1, -0.05) is 51.0 Å². The molecule has 2 heteroatoms. The van der Waals surface area contributed by atoms with E-state index in [9.17, 15) is 4.79 Å². The predicted octanol–water partition coefficient (Wildman–Crippen LogP) is 3.77. The van der Waals surface area contributed by atoms with Gasteiger partial charge in [-0.3, -0.25) is 0 Å². The van der Waals surface area contributed by atoms with Gasteiger partial charge in [-0.15, -0.1) is 0 Å². The zero-order valence-electron chi connectivity index (χ0n) is 9.45. The van der Waals surface area contributed by atoms with Crippen molar-refractivity contribution in [2.45, 2.75) is 57.8 Å². The molecule has 1 aliphatic rings. The molecule has 0 aromatic heterocycles. The lowest BCUT2D eigenvalue weighted by Crippen LogP contribution is -2.05. The van der Waals surface area contributed by atoms with Crippen LogP contribution in [0.3, 0.4) is 0 Å². The summed E-state index contributed by atoms with van der Waals surface area (Å²) in [5.74, 6) is 0.129. The maximum atomic E-state index is 10.2. The minimum atomic E-state index is -0.831. The Labute approximate surface area is 92.4 Å². The Bertz CT molecular complexity index is 203. The van der Waals surface area contributed by atoms with Gasteiger partial charge in [0, 0.05) is 6.08 Å². The van der Waals surface area contributed by atoms with Crippen LogP contribution >= 0.6 is 0 Å². The van der Waals surface area contributed by atoms with E-state index < -0.39 is 5.97 Å². The van der Waals surface area contributed by atoms with Gasteiger partial charge in [0.1, 0.15) is 0 Å². The van der Waals surface area contributed by atoms with E-state index in [1.807, 2.05) is 0 Å². The van der Waals surface area contributed by atoms with E-state index in [2.05, 4.69) is 0 Å². The van der Waals surface area contributed by atoms with Gasteiger partial charge in [-0.2, -0.15) is 0 Å². The quantitative estimate of drug-likeness (QED) is 0.535. The largest absolute Gasteiger partial charge is 0.478 e. The molecule has 0 bridgehead atoms. The van der Waals surface area contributed by atoms with E-state index in [1.54, 1.807) is 6.08 Å². The molecule has 0 heterocycles. The second-order valence-corrected chi connectivity index (χ2v) is 4.53. The summed E-state index contributed by atoms with van der Waals surface area (Å²) in [6.07, 6.45) is 14.8. The molecule has 0 spiro atoms. The Morgan fingerprint density at radius 2 is 1.93 bits per heavy atom. The summed E-state index contributed by atoms with van der Waals surface area (Å²) in [4.78, 5) is 10.2. The standard InChI is InChI=1S/C13H22O2/c14-13(15)11-7-2-1-4-8-12-9-5-3-6-10-12/h7,11-12H,1-6,8-10H2,(H,14,15)/b11-7+. The first-order valence-electron chi connectivity index (χ1n) is 6.18. The first kappa shape index (κ1) is 12.3. The number of hydrogen-bond acceptors (Lipinski definition) is 1. The number of allylic oxidation sites excluding steroid dienone is 1. The van der Waals surface area contributed by atoms with Crippen LogP contribution in [0.2, 0.25) is 0 Å². The van der Waals surface area contributed by atoms with E-state index in [-0.39, 0.29) is 0 Å². The summed E-state index contributed by atoms with van der Waals surface area (Å²) in [7, 11) is 0.